The Morgan fingerprint density at radius 3 is 1.68 bits per heavy atom. The zero-order valence-electron chi connectivity index (χ0n) is 32.1. The van der Waals surface area contributed by atoms with Gasteiger partial charge in [0, 0.05) is 64.8 Å². The summed E-state index contributed by atoms with van der Waals surface area (Å²) < 4.78 is 7.22. The van der Waals surface area contributed by atoms with E-state index in [1.807, 2.05) is 30.0 Å². The molecule has 1 aliphatic rings. The Bertz CT molecular complexity index is 3680. The summed E-state index contributed by atoms with van der Waals surface area (Å²) in [5.41, 5.74) is 12.0. The van der Waals surface area contributed by atoms with Crippen LogP contribution in [0.4, 0.5) is 0 Å². The van der Waals surface area contributed by atoms with Crippen LogP contribution in [0.15, 0.2) is 204 Å². The molecule has 60 heavy (non-hydrogen) atoms. The predicted molar refractivity (Wildman–Crippen MR) is 246 cm³/mol. The second-order valence-electron chi connectivity index (χ2n) is 15.2. The van der Waals surface area contributed by atoms with Gasteiger partial charge in [-0.25, -0.2) is 15.0 Å². The van der Waals surface area contributed by atoms with Crippen molar-refractivity contribution in [1.82, 2.24) is 28.7 Å². The van der Waals surface area contributed by atoms with Gasteiger partial charge in [-0.15, -0.1) is 0 Å². The van der Waals surface area contributed by atoms with Gasteiger partial charge in [0.05, 0.1) is 27.8 Å². The van der Waals surface area contributed by atoms with Gasteiger partial charge in [-0.05, 0) is 72.8 Å². The Hall–Kier alpha value is -7.74. The van der Waals surface area contributed by atoms with Gasteiger partial charge in [-0.1, -0.05) is 133 Å². The molecule has 0 spiro atoms. The van der Waals surface area contributed by atoms with Gasteiger partial charge in [-0.3, -0.25) is 9.13 Å². The van der Waals surface area contributed by atoms with Crippen LogP contribution in [0.3, 0.4) is 0 Å². The fourth-order valence-electron chi connectivity index (χ4n) is 9.26. The average Bonchev–Trinajstić information content (AvgIpc) is 3.96. The fraction of sp³-hybridized carbons (Fsp3) is 0. The van der Waals surface area contributed by atoms with Gasteiger partial charge in [0.15, 0.2) is 17.5 Å². The maximum atomic E-state index is 5.21. The molecule has 0 fully saturated rings. The molecule has 0 unspecified atom stereocenters. The quantitative estimate of drug-likeness (QED) is 0.174. The van der Waals surface area contributed by atoms with Gasteiger partial charge in [0.1, 0.15) is 5.65 Å². The van der Waals surface area contributed by atoms with E-state index in [4.69, 9.17) is 15.0 Å². The van der Waals surface area contributed by atoms with Crippen molar-refractivity contribution in [2.45, 2.75) is 9.79 Å². The first kappa shape index (κ1) is 33.3. The van der Waals surface area contributed by atoms with Crippen molar-refractivity contribution in [1.29, 1.82) is 0 Å². The summed E-state index contributed by atoms with van der Waals surface area (Å²) in [6, 6.07) is 68.8. The van der Waals surface area contributed by atoms with E-state index in [0.29, 0.717) is 17.5 Å². The molecule has 0 radical (unpaired) electrons. The summed E-state index contributed by atoms with van der Waals surface area (Å²) in [4.78, 5) is 18.0. The summed E-state index contributed by atoms with van der Waals surface area (Å²) in [6.45, 7) is 0. The molecule has 6 nitrogen and oxygen atoms in total. The average molecular weight is 785 g/mol. The molecule has 0 N–H and O–H groups in total. The first-order valence-corrected chi connectivity index (χ1v) is 20.9. The Balaban J connectivity index is 0.995. The lowest BCUT2D eigenvalue weighted by Gasteiger charge is -2.21. The molecular weight excluding hydrogens is 753 g/mol. The number of rotatable bonds is 5. The minimum Gasteiger partial charge on any atom is -0.309 e. The van der Waals surface area contributed by atoms with E-state index in [9.17, 15) is 0 Å². The molecule has 0 saturated carbocycles. The van der Waals surface area contributed by atoms with Gasteiger partial charge >= 0.3 is 0 Å². The van der Waals surface area contributed by atoms with Crippen molar-refractivity contribution in [3.63, 3.8) is 0 Å². The summed E-state index contributed by atoms with van der Waals surface area (Å²) >= 11 is 1.85. The number of nitrogens with zero attached hydrogens (tertiary/aromatic N) is 6. The van der Waals surface area contributed by atoms with Crippen LogP contribution in [0, 0.1) is 0 Å². The van der Waals surface area contributed by atoms with Crippen molar-refractivity contribution >= 4 is 66.4 Å². The molecule has 280 valence electrons. The zero-order valence-corrected chi connectivity index (χ0v) is 32.9. The van der Waals surface area contributed by atoms with Gasteiger partial charge in [0.25, 0.3) is 0 Å². The van der Waals surface area contributed by atoms with Crippen molar-refractivity contribution in [2.75, 3.05) is 0 Å². The number of hydrogen-bond acceptors (Lipinski definition) is 4. The molecule has 0 saturated heterocycles. The molecule has 5 heterocycles. The predicted octanol–water partition coefficient (Wildman–Crippen LogP) is 13.5. The minimum absolute atomic E-state index is 0.621. The van der Waals surface area contributed by atoms with Gasteiger partial charge in [0.2, 0.25) is 0 Å². The molecule has 12 aromatic rings. The standard InChI is InChI=1S/C53H32N6S/c1-3-14-33(15-4-1)50-54-51(56-52(55-50)35-28-31-39-38-18-7-9-21-42(38)57(45(39)32-35)36-16-5-2-6-17-36)34-26-29-37(30-27-34)58-43-22-10-8-19-40(43)48-41-20-13-25-47-49(41)59(53(48)58)44-23-11-12-24-46(44)60-47/h1-32H. The lowest BCUT2D eigenvalue weighted by atomic mass is 10.1. The normalized spacial score (nSPS) is 12.3. The van der Waals surface area contributed by atoms with Crippen LogP contribution in [-0.2, 0) is 0 Å². The Labute approximate surface area is 348 Å². The first-order valence-electron chi connectivity index (χ1n) is 20.1. The highest BCUT2D eigenvalue weighted by Gasteiger charge is 2.27. The highest BCUT2D eigenvalue weighted by Crippen LogP contribution is 2.49. The molecular formula is C53H32N6S. The van der Waals surface area contributed by atoms with Crippen LogP contribution >= 0.6 is 11.8 Å². The SMILES string of the molecule is c1ccc(-c2nc(-c3ccc(-n4c5ccccc5c5c6cccc7c6n(c54)-c4ccccc4S7)cc3)nc(-c3ccc4c5ccccc5n(-c5ccccc5)c4c3)n2)cc1. The molecule has 0 atom stereocenters. The second-order valence-corrected chi connectivity index (χ2v) is 16.3. The highest BCUT2D eigenvalue weighted by molar-refractivity contribution is 7.99. The molecule has 4 aromatic heterocycles. The highest BCUT2D eigenvalue weighted by atomic mass is 32.2. The summed E-state index contributed by atoms with van der Waals surface area (Å²) in [7, 11) is 0. The number of aromatic nitrogens is 6. The molecule has 7 heteroatoms. The molecule has 0 amide bonds. The first-order chi connectivity index (χ1) is 29.8. The largest absolute Gasteiger partial charge is 0.309 e. The third-order valence-electron chi connectivity index (χ3n) is 11.9. The minimum atomic E-state index is 0.621. The molecule has 8 aromatic carbocycles. The van der Waals surface area contributed by atoms with Crippen molar-refractivity contribution in [3.05, 3.63) is 194 Å². The lowest BCUT2D eigenvalue weighted by molar-refractivity contribution is 1.03. The maximum absolute atomic E-state index is 5.21. The van der Waals surface area contributed by atoms with E-state index in [0.717, 1.165) is 44.7 Å². The van der Waals surface area contributed by atoms with Crippen molar-refractivity contribution in [2.24, 2.45) is 0 Å². The molecule has 0 aliphatic carbocycles. The molecule has 1 aliphatic heterocycles. The Morgan fingerprint density at radius 1 is 0.350 bits per heavy atom. The topological polar surface area (TPSA) is 53.5 Å². The summed E-state index contributed by atoms with van der Waals surface area (Å²) in [5.74, 6) is 1.88. The van der Waals surface area contributed by atoms with Crippen LogP contribution in [0.25, 0.3) is 106 Å². The van der Waals surface area contributed by atoms with E-state index in [2.05, 4.69) is 190 Å². The Morgan fingerprint density at radius 2 is 0.900 bits per heavy atom. The van der Waals surface area contributed by atoms with Crippen LogP contribution in [-0.4, -0.2) is 28.7 Å². The van der Waals surface area contributed by atoms with Crippen LogP contribution in [0.5, 0.6) is 0 Å². The van der Waals surface area contributed by atoms with Crippen LogP contribution in [0.2, 0.25) is 0 Å². The van der Waals surface area contributed by atoms with Crippen LogP contribution in [0.1, 0.15) is 0 Å². The smallest absolute Gasteiger partial charge is 0.164 e. The summed E-state index contributed by atoms with van der Waals surface area (Å²) in [6.07, 6.45) is 0. The number of fused-ring (bicyclic) bond motifs is 10. The van der Waals surface area contributed by atoms with Crippen molar-refractivity contribution in [3.8, 4) is 51.2 Å². The molecule has 13 rings (SSSR count). The zero-order chi connectivity index (χ0) is 39.3. The van der Waals surface area contributed by atoms with E-state index in [-0.39, 0.29) is 0 Å². The van der Waals surface area contributed by atoms with E-state index >= 15 is 0 Å². The van der Waals surface area contributed by atoms with Crippen LogP contribution < -0.4 is 0 Å². The number of para-hydroxylation sites is 5. The Kier molecular flexibility index (Phi) is 7.14. The monoisotopic (exact) mass is 784 g/mol. The van der Waals surface area contributed by atoms with E-state index in [1.54, 1.807) is 0 Å². The lowest BCUT2D eigenvalue weighted by Crippen LogP contribution is -2.05. The van der Waals surface area contributed by atoms with E-state index < -0.39 is 0 Å². The van der Waals surface area contributed by atoms with Gasteiger partial charge in [-0.2, -0.15) is 0 Å². The maximum Gasteiger partial charge on any atom is 0.164 e. The van der Waals surface area contributed by atoms with Gasteiger partial charge < -0.3 is 4.57 Å². The third-order valence-corrected chi connectivity index (χ3v) is 13.0. The fourth-order valence-corrected chi connectivity index (χ4v) is 10.4. The number of benzene rings is 8. The van der Waals surface area contributed by atoms with E-state index in [1.165, 1.54) is 53.4 Å². The molecule has 0 bridgehead atoms. The summed E-state index contributed by atoms with van der Waals surface area (Å²) in [5, 5.41) is 6.16. The second kappa shape index (κ2) is 12.9. The number of hydrogen-bond donors (Lipinski definition) is 0. The van der Waals surface area contributed by atoms with Crippen molar-refractivity contribution < 1.29 is 0 Å². The third kappa shape index (κ3) is 4.87.